The number of hydrogen-bond acceptors (Lipinski definition) is 5. The highest BCUT2D eigenvalue weighted by Crippen LogP contribution is 2.42. The Morgan fingerprint density at radius 3 is 2.03 bits per heavy atom. The Labute approximate surface area is 183 Å². The Morgan fingerprint density at radius 1 is 0.800 bits per heavy atom. The van der Waals surface area contributed by atoms with Crippen molar-refractivity contribution in [1.29, 1.82) is 0 Å². The molecule has 0 bridgehead atoms. The monoisotopic (exact) mass is 440 g/mol. The number of methoxy groups -OCH3 is 2. The molecule has 0 saturated carbocycles. The minimum absolute atomic E-state index is 0.106. The highest BCUT2D eigenvalue weighted by Gasteiger charge is 2.15. The van der Waals surface area contributed by atoms with Gasteiger partial charge in [0, 0.05) is 23.2 Å². The van der Waals surface area contributed by atoms with Crippen LogP contribution >= 0.6 is 23.2 Å². The third-order valence-electron chi connectivity index (χ3n) is 4.80. The van der Waals surface area contributed by atoms with Crippen LogP contribution in [0.3, 0.4) is 0 Å². The fourth-order valence-corrected chi connectivity index (χ4v) is 3.70. The molecule has 151 valence electrons. The summed E-state index contributed by atoms with van der Waals surface area (Å²) in [5.74, 6) is 0.325. The lowest BCUT2D eigenvalue weighted by atomic mass is 9.97. The largest absolute Gasteiger partial charge is 0.503 e. The van der Waals surface area contributed by atoms with Gasteiger partial charge < -0.3 is 19.7 Å². The van der Waals surface area contributed by atoms with Crippen molar-refractivity contribution in [3.8, 4) is 45.3 Å². The minimum atomic E-state index is -0.118. The van der Waals surface area contributed by atoms with Crippen molar-refractivity contribution < 1.29 is 19.7 Å². The van der Waals surface area contributed by atoms with Crippen molar-refractivity contribution in [3.63, 3.8) is 0 Å². The molecule has 0 aliphatic rings. The Kier molecular flexibility index (Phi) is 5.33. The number of pyridine rings is 1. The summed E-state index contributed by atoms with van der Waals surface area (Å²) in [6.07, 6.45) is 1.59. The molecule has 2 N–H and O–H groups in total. The van der Waals surface area contributed by atoms with E-state index >= 15 is 0 Å². The van der Waals surface area contributed by atoms with Crippen LogP contribution in [0.2, 0.25) is 10.0 Å². The summed E-state index contributed by atoms with van der Waals surface area (Å²) in [6, 6.07) is 15.6. The Hall–Kier alpha value is -3.15. The molecule has 0 amide bonds. The number of hydrogen-bond donors (Lipinski definition) is 2. The van der Waals surface area contributed by atoms with Gasteiger partial charge >= 0.3 is 0 Å². The lowest BCUT2D eigenvalue weighted by molar-refractivity contribution is 0.374. The van der Waals surface area contributed by atoms with Gasteiger partial charge in [-0.25, -0.2) is 0 Å². The Bertz CT molecular complexity index is 1270. The molecule has 0 saturated heterocycles. The molecule has 0 aliphatic carbocycles. The number of phenolic OH excluding ortho intramolecular Hbond substituents is 2. The first-order valence-electron chi connectivity index (χ1n) is 8.87. The van der Waals surface area contributed by atoms with Crippen LogP contribution in [0, 0.1) is 6.07 Å². The van der Waals surface area contributed by atoms with Crippen LogP contribution in [-0.4, -0.2) is 29.4 Å². The molecule has 0 spiro atoms. The fraction of sp³-hybridized carbons (Fsp3) is 0.0870. The first-order chi connectivity index (χ1) is 14.4. The number of phenols is 2. The van der Waals surface area contributed by atoms with Gasteiger partial charge in [0.15, 0.2) is 23.0 Å². The van der Waals surface area contributed by atoms with Crippen LogP contribution in [0.15, 0.2) is 48.7 Å². The van der Waals surface area contributed by atoms with E-state index in [1.165, 1.54) is 14.2 Å². The second kappa shape index (κ2) is 7.94. The predicted molar refractivity (Wildman–Crippen MR) is 118 cm³/mol. The van der Waals surface area contributed by atoms with Crippen molar-refractivity contribution >= 4 is 34.1 Å². The van der Waals surface area contributed by atoms with Crippen molar-refractivity contribution in [2.45, 2.75) is 0 Å². The molecule has 0 atom stereocenters. The van der Waals surface area contributed by atoms with Crippen molar-refractivity contribution in [3.05, 3.63) is 64.8 Å². The van der Waals surface area contributed by atoms with Gasteiger partial charge in [0.1, 0.15) is 0 Å². The molecule has 4 rings (SSSR count). The van der Waals surface area contributed by atoms with Gasteiger partial charge in [0.25, 0.3) is 0 Å². The molecule has 4 aromatic rings. The maximum absolute atomic E-state index is 10.0. The van der Waals surface area contributed by atoms with Crippen molar-refractivity contribution in [2.75, 3.05) is 14.2 Å². The zero-order valence-corrected chi connectivity index (χ0v) is 17.5. The SMILES string of the molecule is COc1cc(-c2ccc3nc[c]c(-c4cc(Cl)c(O)c(OC)c4)c3c2)cc(Cl)c1O. The van der Waals surface area contributed by atoms with Crippen LogP contribution in [0.25, 0.3) is 33.2 Å². The molecular formula is C23H16Cl2NO4. The number of aromatic hydroxyl groups is 2. The summed E-state index contributed by atoms with van der Waals surface area (Å²) in [4.78, 5) is 4.39. The van der Waals surface area contributed by atoms with E-state index in [4.69, 9.17) is 32.7 Å². The molecule has 1 radical (unpaired) electrons. The highest BCUT2D eigenvalue weighted by molar-refractivity contribution is 6.33. The summed E-state index contributed by atoms with van der Waals surface area (Å²) in [5, 5.41) is 21.3. The number of rotatable bonds is 4. The van der Waals surface area contributed by atoms with Crippen molar-refractivity contribution in [2.24, 2.45) is 0 Å². The third-order valence-corrected chi connectivity index (χ3v) is 5.37. The summed E-state index contributed by atoms with van der Waals surface area (Å²) >= 11 is 12.3. The average Bonchev–Trinajstić information content (AvgIpc) is 2.76. The van der Waals surface area contributed by atoms with E-state index in [1.807, 2.05) is 18.2 Å². The van der Waals surface area contributed by atoms with E-state index in [0.29, 0.717) is 0 Å². The van der Waals surface area contributed by atoms with E-state index < -0.39 is 0 Å². The van der Waals surface area contributed by atoms with Crippen LogP contribution in [0.1, 0.15) is 0 Å². The summed E-state index contributed by atoms with van der Waals surface area (Å²) in [6.45, 7) is 0. The minimum Gasteiger partial charge on any atom is -0.503 e. The second-order valence-electron chi connectivity index (χ2n) is 6.53. The second-order valence-corrected chi connectivity index (χ2v) is 7.34. The Balaban J connectivity index is 1.93. The third kappa shape index (κ3) is 3.47. The summed E-state index contributed by atoms with van der Waals surface area (Å²) in [5.41, 5.74) is 3.85. The number of aromatic nitrogens is 1. The van der Waals surface area contributed by atoms with Gasteiger partial charge in [-0.15, -0.1) is 0 Å². The molecule has 1 heterocycles. The van der Waals surface area contributed by atoms with Crippen LogP contribution in [0.4, 0.5) is 0 Å². The standard InChI is InChI=1S/C23H16Cl2NO4/c1-29-20-10-13(8-17(24)22(20)27)12-3-4-19-16(7-12)15(5-6-26-19)14-9-18(25)23(28)21(11-14)30-2/h3-4,6-11,27-28H,1-2H3. The Morgan fingerprint density at radius 2 is 1.40 bits per heavy atom. The zero-order chi connectivity index (χ0) is 21.4. The maximum atomic E-state index is 10.0. The van der Waals surface area contributed by atoms with Gasteiger partial charge in [0.05, 0.1) is 29.8 Å². The number of fused-ring (bicyclic) bond motifs is 1. The lowest BCUT2D eigenvalue weighted by Crippen LogP contribution is -1.90. The zero-order valence-electron chi connectivity index (χ0n) is 16.0. The molecule has 30 heavy (non-hydrogen) atoms. The first-order valence-corrected chi connectivity index (χ1v) is 9.62. The average molecular weight is 441 g/mol. The van der Waals surface area contributed by atoms with E-state index in [1.54, 1.807) is 30.5 Å². The van der Waals surface area contributed by atoms with Gasteiger partial charge in [-0.2, -0.15) is 0 Å². The molecule has 3 aromatic carbocycles. The van der Waals surface area contributed by atoms with Gasteiger partial charge in [-0.05, 0) is 53.1 Å². The fourth-order valence-electron chi connectivity index (χ4n) is 3.28. The lowest BCUT2D eigenvalue weighted by Gasteiger charge is -2.13. The maximum Gasteiger partial charge on any atom is 0.176 e. The van der Waals surface area contributed by atoms with Gasteiger partial charge in [-0.1, -0.05) is 29.3 Å². The summed E-state index contributed by atoms with van der Waals surface area (Å²) in [7, 11) is 2.93. The predicted octanol–water partition coefficient (Wildman–Crippen LogP) is 6.10. The molecule has 1 aromatic heterocycles. The number of ether oxygens (including phenoxy) is 2. The number of benzene rings is 3. The molecule has 0 fully saturated rings. The molecule has 0 unspecified atom stereocenters. The molecule has 5 nitrogen and oxygen atoms in total. The highest BCUT2D eigenvalue weighted by atomic mass is 35.5. The van der Waals surface area contributed by atoms with Gasteiger partial charge in [0.2, 0.25) is 0 Å². The van der Waals surface area contributed by atoms with E-state index in [-0.39, 0.29) is 33.0 Å². The number of halogens is 2. The van der Waals surface area contributed by atoms with Crippen LogP contribution in [-0.2, 0) is 0 Å². The van der Waals surface area contributed by atoms with Crippen LogP contribution < -0.4 is 9.47 Å². The van der Waals surface area contributed by atoms with E-state index in [0.717, 1.165) is 33.2 Å². The van der Waals surface area contributed by atoms with E-state index in [2.05, 4.69) is 11.1 Å². The molecule has 0 aliphatic heterocycles. The first kappa shape index (κ1) is 20.1. The van der Waals surface area contributed by atoms with Gasteiger partial charge in [-0.3, -0.25) is 4.98 Å². The molecular weight excluding hydrogens is 425 g/mol. The van der Waals surface area contributed by atoms with Crippen LogP contribution in [0.5, 0.6) is 23.0 Å². The topological polar surface area (TPSA) is 71.8 Å². The van der Waals surface area contributed by atoms with Crippen molar-refractivity contribution in [1.82, 2.24) is 4.98 Å². The quantitative estimate of drug-likeness (QED) is 0.400. The smallest absolute Gasteiger partial charge is 0.176 e. The number of nitrogens with zero attached hydrogens (tertiary/aromatic N) is 1. The molecule has 7 heteroatoms. The normalized spacial score (nSPS) is 10.9. The summed E-state index contributed by atoms with van der Waals surface area (Å²) < 4.78 is 10.4. The van der Waals surface area contributed by atoms with E-state index in [9.17, 15) is 10.2 Å².